The Labute approximate surface area is 540 Å². The van der Waals surface area contributed by atoms with Crippen LogP contribution in [0.1, 0.15) is 109 Å². The average molecular weight is 1310 g/mol. The highest BCUT2D eigenvalue weighted by Crippen LogP contribution is 2.39. The Morgan fingerprint density at radius 2 is 0.585 bits per heavy atom. The Kier molecular flexibility index (Phi) is 24.3. The first-order valence-electron chi connectivity index (χ1n) is 29.8. The van der Waals surface area contributed by atoms with Crippen LogP contribution < -0.4 is 0 Å². The van der Waals surface area contributed by atoms with Crippen LogP contribution in [0.15, 0.2) is 127 Å². The first kappa shape index (κ1) is 70.4. The lowest BCUT2D eigenvalue weighted by molar-refractivity contribution is -0.384. The quantitative estimate of drug-likeness (QED) is 0.0498. The molecule has 8 rings (SSSR count). The number of hydrogen-bond acceptors (Lipinski definition) is 26. The van der Waals surface area contributed by atoms with Crippen molar-refractivity contribution in [3.63, 3.8) is 0 Å². The zero-order valence-corrected chi connectivity index (χ0v) is 53.0. The minimum Gasteiger partial charge on any atom is -0.463 e. The van der Waals surface area contributed by atoms with Gasteiger partial charge in [0.15, 0.2) is 61.6 Å². The predicted molar refractivity (Wildman–Crippen MR) is 321 cm³/mol. The van der Waals surface area contributed by atoms with Gasteiger partial charge in [-0.15, -0.1) is 0 Å². The largest absolute Gasteiger partial charge is 0.463 e. The second-order valence-electron chi connectivity index (χ2n) is 22.3. The molecule has 5 aromatic carbocycles. The maximum atomic E-state index is 14.9. The summed E-state index contributed by atoms with van der Waals surface area (Å²) >= 11 is 0. The van der Waals surface area contributed by atoms with Gasteiger partial charge in [0.05, 0.1) is 27.8 Å². The molecule has 94 heavy (non-hydrogen) atoms. The molecule has 0 spiro atoms. The smallest absolute Gasteiger partial charge is 0.338 e. The van der Waals surface area contributed by atoms with Crippen molar-refractivity contribution in [2.24, 2.45) is 0 Å². The number of carbonyl (C=O) groups excluding carboxylic acids is 10. The van der Waals surface area contributed by atoms with Crippen molar-refractivity contribution < 1.29 is 124 Å². The highest BCUT2D eigenvalue weighted by Gasteiger charge is 2.60. The van der Waals surface area contributed by atoms with E-state index in [4.69, 9.17) is 75.8 Å². The van der Waals surface area contributed by atoms with E-state index in [0.717, 1.165) is 64.0 Å². The van der Waals surface area contributed by atoms with Crippen LogP contribution in [0.2, 0.25) is 0 Å². The molecule has 500 valence electrons. The molecule has 3 aliphatic heterocycles. The summed E-state index contributed by atoms with van der Waals surface area (Å²) < 4.78 is 98.9. The van der Waals surface area contributed by atoms with E-state index in [2.05, 4.69) is 0 Å². The van der Waals surface area contributed by atoms with Gasteiger partial charge in [-0.2, -0.15) is 0 Å². The van der Waals surface area contributed by atoms with Crippen LogP contribution >= 0.6 is 0 Å². The van der Waals surface area contributed by atoms with Crippen LogP contribution in [0.4, 0.5) is 0 Å². The SMILES string of the molecule is CO[C@H]1O[C@H](COC(C)=O)[C@@H](O[C@@H]2O[C@H](COC(C)=O)[C@@H](OC(C)=O)[C@H](OC(C)=O)[C@H]2OC(C)=O)[C@H](O[C@@H]2O[C@H](COC(=O)c3ccc(C)cc3)[C@@H](OC(=O)c3ccc(C)cc3)[C@H](OC(=O)c3ccc(C)cc3)[C@H]2OC(=O)c2ccc(C)cc2)[C@H]1OC(=O)c1ccccc1. The number of ether oxygens (including phenoxy) is 16. The zero-order chi connectivity index (χ0) is 67.9. The van der Waals surface area contributed by atoms with Crippen LogP contribution in [0, 0.1) is 27.7 Å². The van der Waals surface area contributed by atoms with Gasteiger partial charge < -0.3 is 75.8 Å². The van der Waals surface area contributed by atoms with Gasteiger partial charge in [-0.25, -0.2) is 24.0 Å². The maximum Gasteiger partial charge on any atom is 0.338 e. The van der Waals surface area contributed by atoms with Crippen molar-refractivity contribution in [2.75, 3.05) is 26.9 Å². The Hall–Kier alpha value is -9.44. The highest BCUT2D eigenvalue weighted by molar-refractivity contribution is 5.92. The number of benzene rings is 5. The van der Waals surface area contributed by atoms with E-state index in [-0.39, 0.29) is 27.8 Å². The van der Waals surface area contributed by atoms with Gasteiger partial charge in [0.2, 0.25) is 0 Å². The minimum absolute atomic E-state index is 0.00640. The van der Waals surface area contributed by atoms with E-state index < -0.39 is 172 Å². The minimum atomic E-state index is -2.22. The van der Waals surface area contributed by atoms with Crippen molar-refractivity contribution in [3.05, 3.63) is 177 Å². The molecule has 0 aliphatic carbocycles. The summed E-state index contributed by atoms with van der Waals surface area (Å²) in [6.45, 7) is 9.92. The third-order valence-electron chi connectivity index (χ3n) is 14.9. The summed E-state index contributed by atoms with van der Waals surface area (Å²) in [6.07, 6.45) is -28.7. The van der Waals surface area contributed by atoms with Crippen molar-refractivity contribution >= 4 is 59.7 Å². The van der Waals surface area contributed by atoms with E-state index in [9.17, 15) is 47.9 Å². The summed E-state index contributed by atoms with van der Waals surface area (Å²) in [5, 5.41) is 0. The fourth-order valence-electron chi connectivity index (χ4n) is 10.3. The molecule has 0 saturated carbocycles. The van der Waals surface area contributed by atoms with Crippen molar-refractivity contribution in [1.29, 1.82) is 0 Å². The summed E-state index contributed by atoms with van der Waals surface area (Å²) in [4.78, 5) is 137. The van der Waals surface area contributed by atoms with Gasteiger partial charge >= 0.3 is 59.7 Å². The van der Waals surface area contributed by atoms with Gasteiger partial charge in [0.1, 0.15) is 50.3 Å². The molecule has 0 amide bonds. The molecule has 3 aliphatic rings. The van der Waals surface area contributed by atoms with Crippen LogP contribution in [0.5, 0.6) is 0 Å². The van der Waals surface area contributed by atoms with Gasteiger partial charge in [-0.3, -0.25) is 24.0 Å². The van der Waals surface area contributed by atoms with Gasteiger partial charge in [0, 0.05) is 41.7 Å². The van der Waals surface area contributed by atoms with E-state index in [1.165, 1.54) is 72.8 Å². The molecule has 0 bridgehead atoms. The summed E-state index contributed by atoms with van der Waals surface area (Å²) in [5.41, 5.74) is 2.99. The number of rotatable bonds is 23. The van der Waals surface area contributed by atoms with Crippen LogP contribution in [-0.4, -0.2) is 179 Å². The Bertz CT molecular complexity index is 3480. The lowest BCUT2D eigenvalue weighted by Crippen LogP contribution is -2.69. The normalized spacial score (nSPS) is 25.6. The monoisotopic (exact) mass is 1300 g/mol. The van der Waals surface area contributed by atoms with E-state index in [1.807, 2.05) is 0 Å². The predicted octanol–water partition coefficient (Wildman–Crippen LogP) is 6.49. The fourth-order valence-corrected chi connectivity index (χ4v) is 10.3. The summed E-state index contributed by atoms with van der Waals surface area (Å²) in [5.74, 6) is -9.85. The van der Waals surface area contributed by atoms with Crippen molar-refractivity contribution in [3.8, 4) is 0 Å². The molecule has 0 radical (unpaired) electrons. The molecule has 3 heterocycles. The lowest BCUT2D eigenvalue weighted by atomic mass is 9.95. The Morgan fingerprint density at radius 3 is 0.989 bits per heavy atom. The highest BCUT2D eigenvalue weighted by atomic mass is 16.8. The van der Waals surface area contributed by atoms with Crippen molar-refractivity contribution in [1.82, 2.24) is 0 Å². The van der Waals surface area contributed by atoms with E-state index in [0.29, 0.717) is 0 Å². The van der Waals surface area contributed by atoms with Crippen LogP contribution in [-0.2, 0) is 99.8 Å². The van der Waals surface area contributed by atoms with E-state index in [1.54, 1.807) is 82.3 Å². The third-order valence-corrected chi connectivity index (χ3v) is 14.9. The second kappa shape index (κ2) is 32.4. The number of methoxy groups -OCH3 is 1. The van der Waals surface area contributed by atoms with Crippen molar-refractivity contribution in [2.45, 2.75) is 154 Å². The Balaban J connectivity index is 1.36. The molecule has 26 nitrogen and oxygen atoms in total. The molecule has 0 N–H and O–H groups in total. The maximum absolute atomic E-state index is 14.9. The van der Waals surface area contributed by atoms with Gasteiger partial charge in [-0.05, 0) is 88.4 Å². The lowest BCUT2D eigenvalue weighted by Gasteiger charge is -2.50. The second-order valence-corrected chi connectivity index (χ2v) is 22.3. The zero-order valence-electron chi connectivity index (χ0n) is 53.0. The fraction of sp³-hybridized carbons (Fsp3) is 0.412. The molecule has 0 aromatic heterocycles. The average Bonchev–Trinajstić information content (AvgIpc) is 0.763. The van der Waals surface area contributed by atoms with E-state index >= 15 is 0 Å². The molecule has 3 fully saturated rings. The summed E-state index contributed by atoms with van der Waals surface area (Å²) in [6, 6.07) is 32.3. The van der Waals surface area contributed by atoms with Crippen LogP contribution in [0.25, 0.3) is 0 Å². The third kappa shape index (κ3) is 18.7. The molecular formula is C68H72O26. The molecule has 0 unspecified atom stereocenters. The Morgan fingerprint density at radius 1 is 0.298 bits per heavy atom. The number of esters is 10. The first-order chi connectivity index (χ1) is 44.8. The number of hydrogen-bond donors (Lipinski definition) is 0. The number of aryl methyl sites for hydroxylation is 4. The standard InChI is InChI=1S/C68H72O26/c1-35-16-24-45(25-17-35)61(74)82-34-51-53(89-63(76)46-26-18-36(2)19-27-46)56(90-64(77)47-28-20-37(3)21-29-47)60(92-65(78)48-30-22-38(4)23-31-48)68(88-51)94-57-54(50(33-81-40(6)70)86-66(79-10)58(57)91-62(75)44-14-12-11-13-15-44)93-67-59(85-43(9)73)55(84-42(8)72)52(83-41(7)71)49(87-67)32-80-39(5)69/h11-31,49-60,66-68H,32-34H2,1-10H3/t49-,50-,51-,52-,53-,54-,55+,56+,57+,58-,59-,60-,66+,67+,68+/m1/s1. The number of carbonyl (C=O) groups is 10. The molecule has 15 atom stereocenters. The van der Waals surface area contributed by atoms with Gasteiger partial charge in [0.25, 0.3) is 0 Å². The molecule has 26 heteroatoms. The molecular weight excluding hydrogens is 1230 g/mol. The summed E-state index contributed by atoms with van der Waals surface area (Å²) in [7, 11) is 1.16. The topological polar surface area (TPSA) is 318 Å². The van der Waals surface area contributed by atoms with Crippen LogP contribution in [0.3, 0.4) is 0 Å². The molecule has 3 saturated heterocycles. The first-order valence-corrected chi connectivity index (χ1v) is 29.8. The molecule has 5 aromatic rings. The van der Waals surface area contributed by atoms with Gasteiger partial charge in [-0.1, -0.05) is 89.0 Å².